The molecule has 26 heavy (non-hydrogen) atoms. The van der Waals surface area contributed by atoms with E-state index in [2.05, 4.69) is 54.2 Å². The number of guanidine groups is 1. The third-order valence-corrected chi connectivity index (χ3v) is 5.22. The summed E-state index contributed by atoms with van der Waals surface area (Å²) in [4.78, 5) is 9.14. The van der Waals surface area contributed by atoms with E-state index in [0.29, 0.717) is 12.0 Å². The third kappa shape index (κ3) is 7.92. The van der Waals surface area contributed by atoms with Gasteiger partial charge in [0.05, 0.1) is 0 Å². The maximum atomic E-state index is 5.46. The Bertz CT molecular complexity index is 420. The highest BCUT2D eigenvalue weighted by Gasteiger charge is 2.21. The van der Waals surface area contributed by atoms with Crippen molar-refractivity contribution in [2.45, 2.75) is 39.2 Å². The highest BCUT2D eigenvalue weighted by atomic mass is 16.5. The van der Waals surface area contributed by atoms with Crippen molar-refractivity contribution < 1.29 is 4.74 Å². The molecule has 0 radical (unpaired) electrons. The van der Waals surface area contributed by atoms with E-state index in [4.69, 9.17) is 4.74 Å². The van der Waals surface area contributed by atoms with Crippen molar-refractivity contribution in [2.75, 3.05) is 53.5 Å². The molecule has 1 aliphatic heterocycles. The van der Waals surface area contributed by atoms with Crippen LogP contribution < -0.4 is 5.32 Å². The quantitative estimate of drug-likeness (QED) is 0.348. The highest BCUT2D eigenvalue weighted by molar-refractivity contribution is 5.79. The normalized spacial score (nSPS) is 17.4. The SMILES string of the molecule is C=CCN(CC=C)C(CNC(=NC)N(C)CCC1CCOCC1)C(C)C. The Hall–Kier alpha value is -1.33. The van der Waals surface area contributed by atoms with E-state index in [0.717, 1.165) is 51.3 Å². The van der Waals surface area contributed by atoms with E-state index in [9.17, 15) is 0 Å². The van der Waals surface area contributed by atoms with Crippen LogP contribution in [0, 0.1) is 11.8 Å². The van der Waals surface area contributed by atoms with Crippen LogP contribution in [0.1, 0.15) is 33.1 Å². The summed E-state index contributed by atoms with van der Waals surface area (Å²) < 4.78 is 5.46. The standard InChI is InChI=1S/C21H40N4O/c1-7-12-25(13-8-2)20(18(3)4)17-23-21(22-5)24(6)14-9-19-10-15-26-16-11-19/h7-8,18-20H,1-2,9-17H2,3-6H3,(H,22,23). The van der Waals surface area contributed by atoms with Crippen LogP contribution in [0.2, 0.25) is 0 Å². The Kier molecular flexibility index (Phi) is 11.3. The molecule has 1 saturated heterocycles. The average molecular weight is 365 g/mol. The van der Waals surface area contributed by atoms with Crippen molar-refractivity contribution in [1.82, 2.24) is 15.1 Å². The van der Waals surface area contributed by atoms with Crippen LogP contribution in [0.25, 0.3) is 0 Å². The second-order valence-corrected chi connectivity index (χ2v) is 7.54. The largest absolute Gasteiger partial charge is 0.381 e. The van der Waals surface area contributed by atoms with Crippen LogP contribution in [0.3, 0.4) is 0 Å². The van der Waals surface area contributed by atoms with E-state index in [1.807, 2.05) is 19.2 Å². The third-order valence-electron chi connectivity index (χ3n) is 5.22. The molecule has 150 valence electrons. The lowest BCUT2D eigenvalue weighted by Gasteiger charge is -2.34. The first-order valence-electron chi connectivity index (χ1n) is 9.98. The topological polar surface area (TPSA) is 40.1 Å². The van der Waals surface area contributed by atoms with Gasteiger partial charge in [-0.05, 0) is 31.1 Å². The van der Waals surface area contributed by atoms with Crippen LogP contribution >= 0.6 is 0 Å². The zero-order chi connectivity index (χ0) is 19.4. The lowest BCUT2D eigenvalue weighted by molar-refractivity contribution is 0.0625. The van der Waals surface area contributed by atoms with Crippen molar-refractivity contribution in [3.05, 3.63) is 25.3 Å². The lowest BCUT2D eigenvalue weighted by atomic mass is 9.96. The van der Waals surface area contributed by atoms with Crippen molar-refractivity contribution in [1.29, 1.82) is 0 Å². The first-order valence-corrected chi connectivity index (χ1v) is 9.98. The van der Waals surface area contributed by atoms with Crippen LogP contribution in [-0.2, 0) is 4.74 Å². The molecule has 0 spiro atoms. The van der Waals surface area contributed by atoms with E-state index in [-0.39, 0.29) is 0 Å². The Morgan fingerprint density at radius 3 is 2.35 bits per heavy atom. The van der Waals surface area contributed by atoms with Gasteiger partial charge in [-0.25, -0.2) is 0 Å². The number of hydrogen-bond donors (Lipinski definition) is 1. The fraction of sp³-hybridized carbons (Fsp3) is 0.762. The van der Waals surface area contributed by atoms with Gasteiger partial charge in [0, 0.05) is 59.5 Å². The predicted molar refractivity (Wildman–Crippen MR) is 113 cm³/mol. The summed E-state index contributed by atoms with van der Waals surface area (Å²) in [5.74, 6) is 2.29. The highest BCUT2D eigenvalue weighted by Crippen LogP contribution is 2.18. The van der Waals surface area contributed by atoms with Gasteiger partial charge in [0.2, 0.25) is 0 Å². The van der Waals surface area contributed by atoms with Gasteiger partial charge in [-0.2, -0.15) is 0 Å². The molecule has 1 heterocycles. The van der Waals surface area contributed by atoms with E-state index in [1.165, 1.54) is 19.3 Å². The average Bonchev–Trinajstić information content (AvgIpc) is 2.64. The Morgan fingerprint density at radius 2 is 1.85 bits per heavy atom. The van der Waals surface area contributed by atoms with Crippen LogP contribution in [-0.4, -0.2) is 75.3 Å². The first-order chi connectivity index (χ1) is 12.5. The number of nitrogens with one attached hydrogen (secondary N) is 1. The molecule has 1 N–H and O–H groups in total. The van der Waals surface area contributed by atoms with E-state index < -0.39 is 0 Å². The van der Waals surface area contributed by atoms with Crippen molar-refractivity contribution >= 4 is 5.96 Å². The molecule has 1 unspecified atom stereocenters. The summed E-state index contributed by atoms with van der Waals surface area (Å²) in [5.41, 5.74) is 0. The molecular weight excluding hydrogens is 324 g/mol. The molecule has 0 saturated carbocycles. The number of nitrogens with zero attached hydrogens (tertiary/aromatic N) is 3. The van der Waals surface area contributed by atoms with Gasteiger partial charge in [-0.1, -0.05) is 26.0 Å². The minimum Gasteiger partial charge on any atom is -0.381 e. The smallest absolute Gasteiger partial charge is 0.193 e. The van der Waals surface area contributed by atoms with Crippen molar-refractivity contribution in [2.24, 2.45) is 16.8 Å². The lowest BCUT2D eigenvalue weighted by Crippen LogP contribution is -2.50. The number of hydrogen-bond acceptors (Lipinski definition) is 3. The molecule has 0 aromatic carbocycles. The number of rotatable bonds is 11. The molecule has 0 aliphatic carbocycles. The van der Waals surface area contributed by atoms with Gasteiger partial charge in [-0.3, -0.25) is 9.89 Å². The fourth-order valence-corrected chi connectivity index (χ4v) is 3.56. The summed E-state index contributed by atoms with van der Waals surface area (Å²) in [5, 5.41) is 3.58. The van der Waals surface area contributed by atoms with Crippen LogP contribution in [0.4, 0.5) is 0 Å². The molecular formula is C21H40N4O. The zero-order valence-corrected chi connectivity index (χ0v) is 17.4. The second kappa shape index (κ2) is 12.9. The molecule has 0 amide bonds. The predicted octanol–water partition coefficient (Wildman–Crippen LogP) is 3.01. The van der Waals surface area contributed by atoms with Gasteiger partial charge < -0.3 is 15.0 Å². The minimum absolute atomic E-state index is 0.409. The molecule has 1 fully saturated rings. The zero-order valence-electron chi connectivity index (χ0n) is 17.4. The summed E-state index contributed by atoms with van der Waals surface area (Å²) in [6.45, 7) is 17.8. The van der Waals surface area contributed by atoms with Crippen LogP contribution in [0.5, 0.6) is 0 Å². The molecule has 0 aromatic heterocycles. The maximum absolute atomic E-state index is 5.46. The molecule has 1 rings (SSSR count). The van der Waals surface area contributed by atoms with Gasteiger partial charge in [0.1, 0.15) is 0 Å². The molecule has 0 aromatic rings. The second-order valence-electron chi connectivity index (χ2n) is 7.54. The molecule has 1 aliphatic rings. The first kappa shape index (κ1) is 22.7. The number of ether oxygens (including phenoxy) is 1. The monoisotopic (exact) mass is 364 g/mol. The van der Waals surface area contributed by atoms with Gasteiger partial charge >= 0.3 is 0 Å². The Morgan fingerprint density at radius 1 is 1.23 bits per heavy atom. The summed E-state index contributed by atoms with van der Waals surface area (Å²) >= 11 is 0. The summed E-state index contributed by atoms with van der Waals surface area (Å²) in [7, 11) is 3.99. The van der Waals surface area contributed by atoms with E-state index in [1.54, 1.807) is 0 Å². The van der Waals surface area contributed by atoms with Gasteiger partial charge in [-0.15, -0.1) is 13.2 Å². The fourth-order valence-electron chi connectivity index (χ4n) is 3.56. The Labute approximate surface area is 161 Å². The molecule has 5 heteroatoms. The van der Waals surface area contributed by atoms with Gasteiger partial charge in [0.15, 0.2) is 5.96 Å². The summed E-state index contributed by atoms with van der Waals surface area (Å²) in [6.07, 6.45) is 7.51. The number of aliphatic imine (C=N–C) groups is 1. The molecule has 0 bridgehead atoms. The van der Waals surface area contributed by atoms with Crippen molar-refractivity contribution in [3.8, 4) is 0 Å². The molecule has 5 nitrogen and oxygen atoms in total. The molecule has 1 atom stereocenters. The maximum Gasteiger partial charge on any atom is 0.193 e. The minimum atomic E-state index is 0.409. The van der Waals surface area contributed by atoms with Crippen LogP contribution in [0.15, 0.2) is 30.3 Å². The summed E-state index contributed by atoms with van der Waals surface area (Å²) in [6, 6.07) is 0.409. The van der Waals surface area contributed by atoms with E-state index >= 15 is 0 Å². The Balaban J connectivity index is 2.54. The van der Waals surface area contributed by atoms with Crippen molar-refractivity contribution in [3.63, 3.8) is 0 Å². The van der Waals surface area contributed by atoms with Gasteiger partial charge in [0.25, 0.3) is 0 Å².